The van der Waals surface area contributed by atoms with Crippen molar-refractivity contribution in [1.29, 1.82) is 0 Å². The summed E-state index contributed by atoms with van der Waals surface area (Å²) in [4.78, 5) is 12.4. The molecule has 0 spiro atoms. The summed E-state index contributed by atoms with van der Waals surface area (Å²) in [6, 6.07) is 19.1. The van der Waals surface area contributed by atoms with Gasteiger partial charge in [-0.2, -0.15) is 0 Å². The first-order valence-electron chi connectivity index (χ1n) is 9.00. The monoisotopic (exact) mass is 419 g/mol. The molecule has 0 unspecified atom stereocenters. The third kappa shape index (κ3) is 4.83. The summed E-state index contributed by atoms with van der Waals surface area (Å²) in [5.41, 5.74) is 6.39. The first-order chi connectivity index (χ1) is 13.3. The van der Waals surface area contributed by atoms with Gasteiger partial charge in [-0.25, -0.2) is 0 Å². The van der Waals surface area contributed by atoms with E-state index in [2.05, 4.69) is 38.1 Å². The Kier molecular flexibility index (Phi) is 6.22. The van der Waals surface area contributed by atoms with Gasteiger partial charge in [0, 0.05) is 0 Å². The van der Waals surface area contributed by atoms with Crippen molar-refractivity contribution >= 4 is 10.5 Å². The zero-order valence-electron chi connectivity index (χ0n) is 16.5. The molecule has 3 aromatic carbocycles. The van der Waals surface area contributed by atoms with E-state index in [-0.39, 0.29) is 0 Å². The van der Waals surface area contributed by atoms with E-state index in [1.165, 1.54) is 22.3 Å². The Morgan fingerprint density at radius 2 is 1.43 bits per heavy atom. The van der Waals surface area contributed by atoms with Crippen molar-refractivity contribution in [3.63, 3.8) is 0 Å². The van der Waals surface area contributed by atoms with Gasteiger partial charge in [-0.15, -0.1) is 0 Å². The van der Waals surface area contributed by atoms with E-state index in [0.717, 1.165) is 16.5 Å². The molecule has 0 aliphatic carbocycles. The quantitative estimate of drug-likeness (QED) is 0.429. The Balaban J connectivity index is 1.72. The van der Waals surface area contributed by atoms with Crippen LogP contribution >= 0.6 is 0 Å². The van der Waals surface area contributed by atoms with E-state index in [9.17, 15) is 8.66 Å². The molecule has 0 aromatic heterocycles. The van der Waals surface area contributed by atoms with Crippen molar-refractivity contribution in [2.24, 2.45) is 0 Å². The number of hydrogen-bond donors (Lipinski definition) is 0. The van der Waals surface area contributed by atoms with Crippen molar-refractivity contribution in [3.8, 4) is 5.75 Å². The first-order valence-corrected chi connectivity index (χ1v) is 11.0. The average molecular weight is 419 g/mol. The molecule has 0 radical (unpaired) electrons. The Bertz CT molecular complexity index is 1040. The summed E-state index contributed by atoms with van der Waals surface area (Å²) in [5, 5.41) is 0. The summed E-state index contributed by atoms with van der Waals surface area (Å²) in [5.74, 6) is 1.78. The molecule has 0 N–H and O–H groups in total. The maximum absolute atomic E-state index is 12.4. The largest absolute Gasteiger partial charge is 0.0555 e. The fourth-order valence-electron chi connectivity index (χ4n) is 2.98. The van der Waals surface area contributed by atoms with Crippen LogP contribution in [0.1, 0.15) is 38.2 Å². The van der Waals surface area contributed by atoms with Crippen LogP contribution < -0.4 is 9.23 Å². The summed E-state index contributed by atoms with van der Waals surface area (Å²) >= 11 is -1.39. The molecule has 3 nitrogen and oxygen atoms in total. The van der Waals surface area contributed by atoms with E-state index in [4.69, 9.17) is 4.74 Å². The van der Waals surface area contributed by atoms with Gasteiger partial charge in [-0.3, -0.25) is 0 Å². The standard InChI is InChI=1S/C23H21O2.CH3.Co.O/c1-16-9-10-19(13-17(16)2)15-20-11-12-22(18(3)14-20)25-23(24)21-7-5-4-6-8-21;;;/h5-14H,15H2,1-3H3;1H3;;. The van der Waals surface area contributed by atoms with E-state index < -0.39 is 19.6 Å². The van der Waals surface area contributed by atoms with E-state index >= 15 is 0 Å². The summed E-state index contributed by atoms with van der Waals surface area (Å²) in [6.07, 6.45) is 0.840. The van der Waals surface area contributed by atoms with Crippen LogP contribution in [0.25, 0.3) is 0 Å². The number of rotatable bonds is 5. The molecule has 0 atom stereocenters. The molecule has 3 aromatic rings. The minimum Gasteiger partial charge on any atom is -0.0555 e. The second kappa shape index (κ2) is 8.63. The van der Waals surface area contributed by atoms with Gasteiger partial charge >= 0.3 is 127 Å². The molecule has 0 heterocycles. The molecule has 0 aliphatic rings. The van der Waals surface area contributed by atoms with Crippen molar-refractivity contribution < 1.29 is 27.0 Å². The number of carbonyl (C=O) groups is 1. The maximum Gasteiger partial charge on any atom is -0.0395 e. The first kappa shape index (κ1) is 20.2. The van der Waals surface area contributed by atoms with E-state index in [1.54, 1.807) is 30.1 Å². The fraction of sp³-hybridized carbons (Fsp3) is 0.208. The molecular weight excluding hydrogens is 395 g/mol. The Labute approximate surface area is 170 Å². The SMILES string of the molecule is Cc1ccc(Cc2ccc(OC(=O)c3cc[c]([Co]([CH3])=[O])cc3)c(C)c2)cc1C. The molecular formula is C24H24CoO3. The maximum atomic E-state index is 12.4. The number of esters is 1. The molecule has 0 saturated heterocycles. The molecule has 0 aliphatic heterocycles. The van der Waals surface area contributed by atoms with Crippen LogP contribution in [-0.4, -0.2) is 5.97 Å². The van der Waals surface area contributed by atoms with E-state index in [0.29, 0.717) is 11.3 Å². The zero-order valence-corrected chi connectivity index (χ0v) is 17.6. The second-order valence-corrected chi connectivity index (χ2v) is 8.70. The normalized spacial score (nSPS) is 11.2. The van der Waals surface area contributed by atoms with Crippen LogP contribution in [0.3, 0.4) is 0 Å². The van der Waals surface area contributed by atoms with Crippen LogP contribution in [0.4, 0.5) is 0 Å². The van der Waals surface area contributed by atoms with Gasteiger partial charge < -0.3 is 0 Å². The van der Waals surface area contributed by atoms with Crippen LogP contribution in [0.15, 0.2) is 60.7 Å². The smallest absolute Gasteiger partial charge is 0.0395 e. The number of aryl methyl sites for hydroxylation is 3. The summed E-state index contributed by atoms with van der Waals surface area (Å²) < 4.78 is 17.8. The van der Waals surface area contributed by atoms with E-state index in [1.807, 2.05) is 19.1 Å². The number of carbonyl (C=O) groups excluding carboxylic acids is 1. The predicted octanol–water partition coefficient (Wildman–Crippen LogP) is 5.06. The molecule has 28 heavy (non-hydrogen) atoms. The fourth-order valence-corrected chi connectivity index (χ4v) is 3.64. The molecule has 0 amide bonds. The van der Waals surface area contributed by atoms with Crippen LogP contribution in [-0.2, 0) is 23.9 Å². The Morgan fingerprint density at radius 3 is 2.00 bits per heavy atom. The average Bonchev–Trinajstić information content (AvgIpc) is 2.67. The molecule has 0 saturated carbocycles. The molecule has 3 rings (SSSR count). The zero-order chi connectivity index (χ0) is 20.3. The van der Waals surface area contributed by atoms with Crippen molar-refractivity contribution in [3.05, 3.63) is 94.0 Å². The van der Waals surface area contributed by atoms with Crippen molar-refractivity contribution in [2.45, 2.75) is 33.1 Å². The molecule has 4 heteroatoms. The number of hydrogen-bond acceptors (Lipinski definition) is 3. The molecule has 0 fully saturated rings. The van der Waals surface area contributed by atoms with Crippen LogP contribution in [0.5, 0.6) is 5.75 Å². The summed E-state index contributed by atoms with van der Waals surface area (Å²) in [6.45, 7) is 6.18. The van der Waals surface area contributed by atoms with Gasteiger partial charge in [0.15, 0.2) is 0 Å². The minimum atomic E-state index is -1.39. The third-order valence-electron chi connectivity index (χ3n) is 4.76. The van der Waals surface area contributed by atoms with Gasteiger partial charge in [0.1, 0.15) is 0 Å². The Hall–Kier alpha value is -2.56. The van der Waals surface area contributed by atoms with Gasteiger partial charge in [0.05, 0.1) is 0 Å². The van der Waals surface area contributed by atoms with Crippen LogP contribution in [0, 0.1) is 20.8 Å². The van der Waals surface area contributed by atoms with Crippen molar-refractivity contribution in [2.75, 3.05) is 0 Å². The predicted molar refractivity (Wildman–Crippen MR) is 107 cm³/mol. The van der Waals surface area contributed by atoms with Gasteiger partial charge in [0.25, 0.3) is 0 Å². The molecule has 147 valence electrons. The van der Waals surface area contributed by atoms with Gasteiger partial charge in [-0.05, 0) is 25.0 Å². The summed E-state index contributed by atoms with van der Waals surface area (Å²) in [7, 11) is 0. The van der Waals surface area contributed by atoms with Gasteiger partial charge in [-0.1, -0.05) is 18.2 Å². The second-order valence-electron chi connectivity index (χ2n) is 6.94. The minimum absolute atomic E-state index is 0.414. The van der Waals surface area contributed by atoms with Crippen molar-refractivity contribution in [1.82, 2.24) is 0 Å². The van der Waals surface area contributed by atoms with Gasteiger partial charge in [0.2, 0.25) is 0 Å². The molecule has 0 bridgehead atoms. The number of ether oxygens (including phenoxy) is 1. The number of benzene rings is 3. The Morgan fingerprint density at radius 1 is 0.821 bits per heavy atom. The van der Waals surface area contributed by atoms with Crippen LogP contribution in [0.2, 0.25) is 5.86 Å². The topological polar surface area (TPSA) is 43.4 Å². The third-order valence-corrected chi connectivity index (χ3v) is 5.95.